The van der Waals surface area contributed by atoms with Crippen molar-refractivity contribution in [1.82, 2.24) is 9.80 Å². The Morgan fingerprint density at radius 3 is 2.46 bits per heavy atom. The van der Waals surface area contributed by atoms with Crippen LogP contribution >= 0.6 is 0 Å². The summed E-state index contributed by atoms with van der Waals surface area (Å²) in [6.07, 6.45) is 6.35. The predicted octanol–water partition coefficient (Wildman–Crippen LogP) is 3.52. The molecule has 0 N–H and O–H groups in total. The lowest BCUT2D eigenvalue weighted by atomic mass is 10.2. The van der Waals surface area contributed by atoms with Gasteiger partial charge >= 0.3 is 0 Å². The van der Waals surface area contributed by atoms with Crippen LogP contribution in [-0.4, -0.2) is 62.8 Å². The third-order valence-electron chi connectivity index (χ3n) is 4.59. The van der Waals surface area contributed by atoms with Crippen molar-refractivity contribution >= 4 is 6.08 Å². The Morgan fingerprint density at radius 2 is 1.79 bits per heavy atom. The molecule has 0 spiro atoms. The summed E-state index contributed by atoms with van der Waals surface area (Å²) in [5.41, 5.74) is 1.13. The minimum atomic E-state index is 0.744. The molecular weight excluding hydrogens is 300 g/mol. The van der Waals surface area contributed by atoms with E-state index in [1.165, 1.54) is 45.7 Å². The van der Waals surface area contributed by atoms with Gasteiger partial charge in [0.2, 0.25) is 0 Å². The van der Waals surface area contributed by atoms with Crippen LogP contribution in [0.1, 0.15) is 32.3 Å². The van der Waals surface area contributed by atoms with Gasteiger partial charge in [-0.05, 0) is 50.6 Å². The van der Waals surface area contributed by atoms with Crippen LogP contribution in [0, 0.1) is 0 Å². The molecule has 0 atom stereocenters. The number of allylic oxidation sites excluding steroid dienone is 1. The highest BCUT2D eigenvalue weighted by Gasteiger charge is 2.14. The Labute approximate surface area is 147 Å². The molecule has 2 rings (SSSR count). The average molecular weight is 332 g/mol. The Morgan fingerprint density at radius 1 is 1.04 bits per heavy atom. The first-order valence-electron chi connectivity index (χ1n) is 9.15. The number of benzene rings is 1. The van der Waals surface area contributed by atoms with Gasteiger partial charge in [0.1, 0.15) is 0 Å². The van der Waals surface area contributed by atoms with Gasteiger partial charge in [0.15, 0.2) is 11.5 Å². The largest absolute Gasteiger partial charge is 0.493 e. The fourth-order valence-corrected chi connectivity index (χ4v) is 3.05. The van der Waals surface area contributed by atoms with Gasteiger partial charge in [0.05, 0.1) is 13.7 Å². The molecule has 1 aromatic rings. The van der Waals surface area contributed by atoms with E-state index in [9.17, 15) is 0 Å². The number of likely N-dealkylation sites (N-methyl/N-ethyl adjacent to an activating group) is 1. The second-order valence-electron chi connectivity index (χ2n) is 6.24. The topological polar surface area (TPSA) is 24.9 Å². The summed E-state index contributed by atoms with van der Waals surface area (Å²) in [5, 5.41) is 0. The number of nitrogens with zero attached hydrogens (tertiary/aromatic N) is 2. The van der Waals surface area contributed by atoms with Crippen molar-refractivity contribution in [3.05, 3.63) is 29.8 Å². The van der Waals surface area contributed by atoms with Gasteiger partial charge in [0.25, 0.3) is 0 Å². The number of hydrogen-bond acceptors (Lipinski definition) is 4. The summed E-state index contributed by atoms with van der Waals surface area (Å²) in [5.74, 6) is 1.64. The van der Waals surface area contributed by atoms with Crippen LogP contribution in [0.4, 0.5) is 0 Å². The summed E-state index contributed by atoms with van der Waals surface area (Å²) in [7, 11) is 1.69. The van der Waals surface area contributed by atoms with Crippen LogP contribution in [0.25, 0.3) is 6.08 Å². The summed E-state index contributed by atoms with van der Waals surface area (Å²) in [6.45, 7) is 12.2. The Balaban J connectivity index is 1.67. The maximum absolute atomic E-state index is 5.91. The molecule has 1 saturated heterocycles. The molecule has 1 heterocycles. The Bertz CT molecular complexity index is 508. The highest BCUT2D eigenvalue weighted by atomic mass is 16.5. The second kappa shape index (κ2) is 10.4. The van der Waals surface area contributed by atoms with Crippen LogP contribution < -0.4 is 9.47 Å². The number of hydrogen-bond donors (Lipinski definition) is 0. The minimum absolute atomic E-state index is 0.744. The highest BCUT2D eigenvalue weighted by Crippen LogP contribution is 2.28. The first-order chi connectivity index (χ1) is 11.8. The van der Waals surface area contributed by atoms with Crippen LogP contribution in [0.5, 0.6) is 11.5 Å². The zero-order valence-electron chi connectivity index (χ0n) is 15.5. The normalized spacial score (nSPS) is 16.6. The SMILES string of the molecule is C/C=C/c1ccc(OCCCCN2CCN(CC)CC2)c(OC)c1. The zero-order valence-corrected chi connectivity index (χ0v) is 15.5. The third kappa shape index (κ3) is 5.84. The van der Waals surface area contributed by atoms with E-state index in [2.05, 4.69) is 28.9 Å². The van der Waals surface area contributed by atoms with E-state index in [1.807, 2.05) is 25.1 Å². The van der Waals surface area contributed by atoms with Crippen molar-refractivity contribution in [1.29, 1.82) is 0 Å². The van der Waals surface area contributed by atoms with Crippen molar-refractivity contribution < 1.29 is 9.47 Å². The number of methoxy groups -OCH3 is 1. The molecular formula is C20H32N2O2. The van der Waals surface area contributed by atoms with Gasteiger partial charge in [-0.1, -0.05) is 25.1 Å². The fraction of sp³-hybridized carbons (Fsp3) is 0.600. The van der Waals surface area contributed by atoms with E-state index >= 15 is 0 Å². The molecule has 0 aliphatic carbocycles. The van der Waals surface area contributed by atoms with E-state index < -0.39 is 0 Å². The Hall–Kier alpha value is -1.52. The lowest BCUT2D eigenvalue weighted by Gasteiger charge is -2.33. The molecule has 4 heteroatoms. The molecule has 4 nitrogen and oxygen atoms in total. The van der Waals surface area contributed by atoms with E-state index in [0.717, 1.165) is 30.1 Å². The molecule has 0 amide bonds. The van der Waals surface area contributed by atoms with Gasteiger partial charge < -0.3 is 19.3 Å². The lowest BCUT2D eigenvalue weighted by molar-refractivity contribution is 0.134. The summed E-state index contributed by atoms with van der Waals surface area (Å²) in [4.78, 5) is 5.09. The summed E-state index contributed by atoms with van der Waals surface area (Å²) < 4.78 is 11.3. The first-order valence-corrected chi connectivity index (χ1v) is 9.15. The molecule has 1 fully saturated rings. The quantitative estimate of drug-likeness (QED) is 0.646. The van der Waals surface area contributed by atoms with Gasteiger partial charge in [-0.15, -0.1) is 0 Å². The van der Waals surface area contributed by atoms with Gasteiger partial charge in [-0.3, -0.25) is 0 Å². The number of ether oxygens (including phenoxy) is 2. The molecule has 1 aliphatic heterocycles. The van der Waals surface area contributed by atoms with E-state index in [-0.39, 0.29) is 0 Å². The van der Waals surface area contributed by atoms with Crippen molar-refractivity contribution in [3.63, 3.8) is 0 Å². The van der Waals surface area contributed by atoms with E-state index in [4.69, 9.17) is 9.47 Å². The van der Waals surface area contributed by atoms with Crippen molar-refractivity contribution in [3.8, 4) is 11.5 Å². The first kappa shape index (κ1) is 18.8. The summed E-state index contributed by atoms with van der Waals surface area (Å²) >= 11 is 0. The molecule has 1 aromatic carbocycles. The molecule has 24 heavy (non-hydrogen) atoms. The average Bonchev–Trinajstić information content (AvgIpc) is 2.63. The highest BCUT2D eigenvalue weighted by molar-refractivity contribution is 5.55. The maximum atomic E-state index is 5.91. The van der Waals surface area contributed by atoms with Crippen LogP contribution in [-0.2, 0) is 0 Å². The van der Waals surface area contributed by atoms with E-state index in [0.29, 0.717) is 0 Å². The Kier molecular flexibility index (Phi) is 8.13. The van der Waals surface area contributed by atoms with Crippen molar-refractivity contribution in [2.24, 2.45) is 0 Å². The molecule has 0 aromatic heterocycles. The smallest absolute Gasteiger partial charge is 0.161 e. The van der Waals surface area contributed by atoms with Gasteiger partial charge in [0, 0.05) is 26.2 Å². The molecule has 1 aliphatic rings. The lowest BCUT2D eigenvalue weighted by Crippen LogP contribution is -2.46. The molecule has 0 radical (unpaired) electrons. The van der Waals surface area contributed by atoms with Gasteiger partial charge in [-0.2, -0.15) is 0 Å². The van der Waals surface area contributed by atoms with E-state index in [1.54, 1.807) is 7.11 Å². The molecule has 0 unspecified atom stereocenters. The number of rotatable bonds is 9. The van der Waals surface area contributed by atoms with Crippen LogP contribution in [0.15, 0.2) is 24.3 Å². The second-order valence-corrected chi connectivity index (χ2v) is 6.24. The minimum Gasteiger partial charge on any atom is -0.493 e. The fourth-order valence-electron chi connectivity index (χ4n) is 3.05. The zero-order chi connectivity index (χ0) is 17.2. The van der Waals surface area contributed by atoms with Gasteiger partial charge in [-0.25, -0.2) is 0 Å². The third-order valence-corrected chi connectivity index (χ3v) is 4.59. The molecule has 0 bridgehead atoms. The molecule has 134 valence electrons. The molecule has 0 saturated carbocycles. The van der Waals surface area contributed by atoms with Crippen molar-refractivity contribution in [2.75, 3.05) is 53.0 Å². The van der Waals surface area contributed by atoms with Crippen LogP contribution in [0.3, 0.4) is 0 Å². The monoisotopic (exact) mass is 332 g/mol. The predicted molar refractivity (Wildman–Crippen MR) is 101 cm³/mol. The number of unbranched alkanes of at least 4 members (excludes halogenated alkanes) is 1. The maximum Gasteiger partial charge on any atom is 0.161 e. The number of piperazine rings is 1. The van der Waals surface area contributed by atoms with Crippen LogP contribution in [0.2, 0.25) is 0 Å². The standard InChI is InChI=1S/C20H32N2O2/c1-4-8-18-9-10-19(20(17-18)23-3)24-16-7-6-11-22-14-12-21(5-2)13-15-22/h4,8-10,17H,5-7,11-16H2,1-3H3/b8-4+. The van der Waals surface area contributed by atoms with Crippen molar-refractivity contribution in [2.45, 2.75) is 26.7 Å². The summed E-state index contributed by atoms with van der Waals surface area (Å²) in [6, 6.07) is 6.08.